The second kappa shape index (κ2) is 7.65. The first-order valence-corrected chi connectivity index (χ1v) is 11.9. The summed E-state index contributed by atoms with van der Waals surface area (Å²) < 4.78 is 5.64. The van der Waals surface area contributed by atoms with Crippen LogP contribution in [-0.2, 0) is 19.7 Å². The Hall–Kier alpha value is -2.35. The average molecular weight is 421 g/mol. The van der Waals surface area contributed by atoms with Crippen LogP contribution in [-0.4, -0.2) is 24.0 Å². The Morgan fingerprint density at radius 2 is 1.71 bits per heavy atom. The number of hydrogen-bond acceptors (Lipinski definition) is 4. The van der Waals surface area contributed by atoms with Gasteiger partial charge in [0.25, 0.3) is 5.91 Å². The standard InChI is InChI=1S/C26H32N2O3/c27-18-26(9-5-2-6-10-26)28-22(29)16-31-23(30)25-14-19-11-20(15-25)13-24(12-19,17-25)21-7-3-1-4-8-21/h1,3-4,7-8,19-20H,2,5-6,9-17H2,(H,28,29)/t19-,20+,24?,25?. The first-order valence-electron chi connectivity index (χ1n) is 11.9. The molecule has 164 valence electrons. The second-order valence-electron chi connectivity index (χ2n) is 10.8. The Morgan fingerprint density at radius 3 is 2.35 bits per heavy atom. The van der Waals surface area contributed by atoms with Gasteiger partial charge in [-0.05, 0) is 74.2 Å². The van der Waals surface area contributed by atoms with E-state index in [0.717, 1.165) is 51.4 Å². The molecule has 4 atom stereocenters. The van der Waals surface area contributed by atoms with Crippen molar-refractivity contribution in [1.29, 1.82) is 5.26 Å². The quantitative estimate of drug-likeness (QED) is 0.716. The zero-order chi connectivity index (χ0) is 21.5. The fourth-order valence-electron chi connectivity index (χ4n) is 7.64. The molecule has 0 saturated heterocycles. The minimum absolute atomic E-state index is 0.0690. The van der Waals surface area contributed by atoms with Crippen LogP contribution < -0.4 is 5.32 Å². The van der Waals surface area contributed by atoms with Gasteiger partial charge >= 0.3 is 5.97 Å². The fraction of sp³-hybridized carbons (Fsp3) is 0.654. The van der Waals surface area contributed by atoms with E-state index in [4.69, 9.17) is 4.74 Å². The normalized spacial score (nSPS) is 35.2. The highest BCUT2D eigenvalue weighted by atomic mass is 16.5. The lowest BCUT2D eigenvalue weighted by atomic mass is 9.43. The van der Waals surface area contributed by atoms with Crippen molar-refractivity contribution in [1.82, 2.24) is 5.32 Å². The Bertz CT molecular complexity index is 883. The minimum atomic E-state index is -0.792. The van der Waals surface area contributed by atoms with Gasteiger partial charge in [-0.15, -0.1) is 0 Å². The first kappa shape index (κ1) is 20.5. The number of ether oxygens (including phenoxy) is 1. The van der Waals surface area contributed by atoms with Gasteiger partial charge in [0, 0.05) is 0 Å². The van der Waals surface area contributed by atoms with Gasteiger partial charge in [0.1, 0.15) is 5.54 Å². The molecule has 5 saturated carbocycles. The third-order valence-corrected chi connectivity index (χ3v) is 8.51. The van der Waals surface area contributed by atoms with Crippen molar-refractivity contribution in [3.05, 3.63) is 35.9 Å². The predicted octanol–water partition coefficient (Wildman–Crippen LogP) is 4.41. The third kappa shape index (κ3) is 3.64. The van der Waals surface area contributed by atoms with Crippen molar-refractivity contribution in [2.24, 2.45) is 17.3 Å². The third-order valence-electron chi connectivity index (χ3n) is 8.51. The van der Waals surface area contributed by atoms with E-state index in [-0.39, 0.29) is 23.9 Å². The van der Waals surface area contributed by atoms with Crippen LogP contribution in [0.4, 0.5) is 0 Å². The van der Waals surface area contributed by atoms with E-state index in [1.54, 1.807) is 0 Å². The number of amides is 1. The summed E-state index contributed by atoms with van der Waals surface area (Å²) in [5.74, 6) is 0.574. The van der Waals surface area contributed by atoms with Gasteiger partial charge in [0.15, 0.2) is 6.61 Å². The molecule has 0 spiro atoms. The van der Waals surface area contributed by atoms with E-state index in [0.29, 0.717) is 24.7 Å². The predicted molar refractivity (Wildman–Crippen MR) is 116 cm³/mol. The smallest absolute Gasteiger partial charge is 0.312 e. The Kier molecular flexibility index (Phi) is 5.07. The average Bonchev–Trinajstić information content (AvgIpc) is 2.78. The van der Waals surface area contributed by atoms with Gasteiger partial charge in [-0.1, -0.05) is 49.6 Å². The maximum atomic E-state index is 13.3. The van der Waals surface area contributed by atoms with E-state index in [1.807, 2.05) is 6.07 Å². The Labute approximate surface area is 184 Å². The molecule has 5 nitrogen and oxygen atoms in total. The molecule has 1 aromatic rings. The summed E-state index contributed by atoms with van der Waals surface area (Å²) in [7, 11) is 0. The monoisotopic (exact) mass is 420 g/mol. The largest absolute Gasteiger partial charge is 0.455 e. The van der Waals surface area contributed by atoms with Crippen LogP contribution in [0, 0.1) is 28.6 Å². The molecule has 5 heteroatoms. The van der Waals surface area contributed by atoms with Gasteiger partial charge in [0.2, 0.25) is 0 Å². The molecule has 5 fully saturated rings. The summed E-state index contributed by atoms with van der Waals surface area (Å²) in [5, 5.41) is 12.5. The van der Waals surface area contributed by atoms with Gasteiger partial charge in [-0.2, -0.15) is 5.26 Å². The highest BCUT2D eigenvalue weighted by Crippen LogP contribution is 2.66. The molecular weight excluding hydrogens is 388 g/mol. The summed E-state index contributed by atoms with van der Waals surface area (Å²) >= 11 is 0. The lowest BCUT2D eigenvalue weighted by Crippen LogP contribution is -2.57. The van der Waals surface area contributed by atoms with Gasteiger partial charge in [-0.3, -0.25) is 9.59 Å². The Balaban J connectivity index is 1.27. The van der Waals surface area contributed by atoms with Crippen molar-refractivity contribution in [3.8, 4) is 6.07 Å². The molecule has 0 aromatic heterocycles. The van der Waals surface area contributed by atoms with Crippen molar-refractivity contribution >= 4 is 11.9 Å². The lowest BCUT2D eigenvalue weighted by Gasteiger charge is -2.61. The number of nitriles is 1. The summed E-state index contributed by atoms with van der Waals surface area (Å²) in [6.07, 6.45) is 10.5. The van der Waals surface area contributed by atoms with Crippen LogP contribution in [0.5, 0.6) is 0 Å². The van der Waals surface area contributed by atoms with Gasteiger partial charge in [-0.25, -0.2) is 0 Å². The van der Waals surface area contributed by atoms with Crippen LogP contribution in [0.1, 0.15) is 76.2 Å². The molecule has 4 bridgehead atoms. The number of nitrogens with one attached hydrogen (secondary N) is 1. The molecule has 1 N–H and O–H groups in total. The molecule has 0 radical (unpaired) electrons. The molecule has 5 aliphatic carbocycles. The molecule has 0 aliphatic heterocycles. The molecule has 5 aliphatic rings. The van der Waals surface area contributed by atoms with E-state index in [1.165, 1.54) is 12.0 Å². The molecule has 6 rings (SSSR count). The summed E-state index contributed by atoms with van der Waals surface area (Å²) in [4.78, 5) is 25.9. The summed E-state index contributed by atoms with van der Waals surface area (Å²) in [6, 6.07) is 13.0. The topological polar surface area (TPSA) is 79.2 Å². The van der Waals surface area contributed by atoms with Crippen LogP contribution in [0.15, 0.2) is 30.3 Å². The fourth-order valence-corrected chi connectivity index (χ4v) is 7.64. The molecule has 1 amide bonds. The highest BCUT2D eigenvalue weighted by Gasteiger charge is 2.61. The van der Waals surface area contributed by atoms with E-state index >= 15 is 0 Å². The van der Waals surface area contributed by atoms with E-state index < -0.39 is 11.0 Å². The maximum Gasteiger partial charge on any atom is 0.312 e. The van der Waals surface area contributed by atoms with Crippen LogP contribution in [0.25, 0.3) is 0 Å². The number of carbonyl (C=O) groups excluding carboxylic acids is 2. The molecular formula is C26H32N2O3. The summed E-state index contributed by atoms with van der Waals surface area (Å²) in [6.45, 7) is -0.280. The van der Waals surface area contributed by atoms with Crippen LogP contribution >= 0.6 is 0 Å². The number of benzene rings is 1. The molecule has 2 unspecified atom stereocenters. The Morgan fingerprint density at radius 1 is 1.03 bits per heavy atom. The highest BCUT2D eigenvalue weighted by molar-refractivity contribution is 5.84. The number of rotatable bonds is 5. The van der Waals surface area contributed by atoms with Gasteiger partial charge in [0.05, 0.1) is 11.5 Å². The summed E-state index contributed by atoms with van der Waals surface area (Å²) in [5.41, 5.74) is 0.171. The second-order valence-corrected chi connectivity index (χ2v) is 10.8. The zero-order valence-electron chi connectivity index (χ0n) is 18.2. The molecule has 31 heavy (non-hydrogen) atoms. The van der Waals surface area contributed by atoms with Crippen LogP contribution in [0.3, 0.4) is 0 Å². The minimum Gasteiger partial charge on any atom is -0.455 e. The van der Waals surface area contributed by atoms with Crippen molar-refractivity contribution < 1.29 is 14.3 Å². The molecule has 1 aromatic carbocycles. The van der Waals surface area contributed by atoms with Crippen molar-refractivity contribution in [3.63, 3.8) is 0 Å². The number of esters is 1. The number of nitrogens with zero attached hydrogens (tertiary/aromatic N) is 1. The number of carbonyl (C=O) groups is 2. The molecule has 0 heterocycles. The lowest BCUT2D eigenvalue weighted by molar-refractivity contribution is -0.175. The van der Waals surface area contributed by atoms with Crippen molar-refractivity contribution in [2.45, 2.75) is 81.6 Å². The van der Waals surface area contributed by atoms with E-state index in [9.17, 15) is 14.9 Å². The van der Waals surface area contributed by atoms with Crippen LogP contribution in [0.2, 0.25) is 0 Å². The van der Waals surface area contributed by atoms with E-state index in [2.05, 4.69) is 35.7 Å². The number of hydrogen-bond donors (Lipinski definition) is 1. The maximum absolute atomic E-state index is 13.3. The SMILES string of the molecule is N#CC1(NC(=O)COC(=O)C23C[C@H]4C[C@@H](C2)CC(c2ccccc2)(C4)C3)CCCCC1. The van der Waals surface area contributed by atoms with Gasteiger partial charge < -0.3 is 10.1 Å². The zero-order valence-corrected chi connectivity index (χ0v) is 18.2. The first-order chi connectivity index (χ1) is 15.0. The van der Waals surface area contributed by atoms with Crippen molar-refractivity contribution in [2.75, 3.05) is 6.61 Å².